The Balaban J connectivity index is 1.74. The topological polar surface area (TPSA) is 58.9 Å². The molecule has 0 aliphatic rings. The van der Waals surface area contributed by atoms with Crippen LogP contribution in [0.4, 0.5) is 5.69 Å². The Morgan fingerprint density at radius 3 is 2.54 bits per heavy atom. The van der Waals surface area contributed by atoms with Crippen LogP contribution in [-0.4, -0.2) is 23.9 Å². The van der Waals surface area contributed by atoms with Gasteiger partial charge in [0.1, 0.15) is 5.75 Å². The molecule has 3 rings (SSSR count). The lowest BCUT2D eigenvalue weighted by Gasteiger charge is -2.05. The van der Waals surface area contributed by atoms with Gasteiger partial charge >= 0.3 is 5.97 Å². The molecule has 0 saturated heterocycles. The van der Waals surface area contributed by atoms with Crippen molar-refractivity contribution in [1.82, 2.24) is 0 Å². The van der Waals surface area contributed by atoms with Crippen molar-refractivity contribution in [2.45, 2.75) is 0 Å². The third-order valence-corrected chi connectivity index (χ3v) is 3.96. The minimum atomic E-state index is -1.01. The zero-order valence-corrected chi connectivity index (χ0v) is 14.6. The van der Waals surface area contributed by atoms with E-state index in [2.05, 4.69) is 4.99 Å². The van der Waals surface area contributed by atoms with Crippen LogP contribution < -0.4 is 4.74 Å². The minimum absolute atomic E-state index is 0.364. The molecule has 130 valence electrons. The quantitative estimate of drug-likeness (QED) is 0.609. The second-order valence-corrected chi connectivity index (χ2v) is 5.95. The third-order valence-electron chi connectivity index (χ3n) is 3.63. The average molecular weight is 366 g/mol. The van der Waals surface area contributed by atoms with Crippen LogP contribution in [0.15, 0.2) is 77.8 Å². The molecule has 1 N–H and O–H groups in total. The van der Waals surface area contributed by atoms with Crippen LogP contribution in [0.1, 0.15) is 5.56 Å². The van der Waals surface area contributed by atoms with Gasteiger partial charge in [-0.3, -0.25) is 4.99 Å². The molecular formula is C21H16ClNO3. The molecule has 0 heterocycles. The van der Waals surface area contributed by atoms with Crippen molar-refractivity contribution in [3.63, 3.8) is 0 Å². The summed E-state index contributed by atoms with van der Waals surface area (Å²) >= 11 is 6.26. The number of halogens is 1. The summed E-state index contributed by atoms with van der Waals surface area (Å²) in [5.41, 5.74) is 3.70. The molecule has 0 atom stereocenters. The van der Waals surface area contributed by atoms with Gasteiger partial charge in [0, 0.05) is 16.8 Å². The summed E-state index contributed by atoms with van der Waals surface area (Å²) in [6, 6.07) is 22.6. The lowest BCUT2D eigenvalue weighted by Crippen LogP contribution is -2.09. The lowest BCUT2D eigenvalue weighted by atomic mass is 10.0. The molecule has 0 aliphatic carbocycles. The highest BCUT2D eigenvalue weighted by molar-refractivity contribution is 6.33. The number of aliphatic imine (C=N–C) groups is 1. The Labute approximate surface area is 156 Å². The fraction of sp³-hybridized carbons (Fsp3) is 0.0476. The molecule has 26 heavy (non-hydrogen) atoms. The van der Waals surface area contributed by atoms with Gasteiger partial charge in [-0.25, -0.2) is 4.79 Å². The van der Waals surface area contributed by atoms with Crippen LogP contribution >= 0.6 is 11.6 Å². The van der Waals surface area contributed by atoms with E-state index in [0.717, 1.165) is 22.4 Å². The van der Waals surface area contributed by atoms with Crippen molar-refractivity contribution in [2.24, 2.45) is 4.99 Å². The second kappa shape index (κ2) is 8.32. The summed E-state index contributed by atoms with van der Waals surface area (Å²) in [6.45, 7) is -0.364. The summed E-state index contributed by atoms with van der Waals surface area (Å²) in [4.78, 5) is 14.9. The van der Waals surface area contributed by atoms with Crippen molar-refractivity contribution in [3.05, 3.63) is 83.4 Å². The fourth-order valence-corrected chi connectivity index (χ4v) is 2.65. The van der Waals surface area contributed by atoms with Gasteiger partial charge < -0.3 is 9.84 Å². The van der Waals surface area contributed by atoms with Crippen molar-refractivity contribution in [1.29, 1.82) is 0 Å². The number of aliphatic carboxylic acids is 1. The molecule has 3 aromatic rings. The molecule has 5 heteroatoms. The zero-order valence-electron chi connectivity index (χ0n) is 13.8. The predicted octanol–water partition coefficient (Wildman–Crippen LogP) is 5.22. The molecule has 4 nitrogen and oxygen atoms in total. The number of hydrogen-bond donors (Lipinski definition) is 1. The van der Waals surface area contributed by atoms with Gasteiger partial charge in [0.2, 0.25) is 0 Å². The van der Waals surface area contributed by atoms with Gasteiger partial charge in [0.15, 0.2) is 6.61 Å². The summed E-state index contributed by atoms with van der Waals surface area (Å²) in [6.07, 6.45) is 1.77. The first-order chi connectivity index (χ1) is 12.6. The summed E-state index contributed by atoms with van der Waals surface area (Å²) in [5, 5.41) is 9.31. The van der Waals surface area contributed by atoms with E-state index in [1.54, 1.807) is 30.5 Å². The number of hydrogen-bond acceptors (Lipinski definition) is 3. The van der Waals surface area contributed by atoms with E-state index >= 15 is 0 Å². The first-order valence-electron chi connectivity index (χ1n) is 7.95. The molecule has 0 radical (unpaired) electrons. The SMILES string of the molecule is O=C(O)COc1ccc(N=Cc2cccc(-c3ccccc3Cl)c2)cc1. The summed E-state index contributed by atoms with van der Waals surface area (Å²) in [5.74, 6) is -0.516. The Morgan fingerprint density at radius 2 is 1.81 bits per heavy atom. The number of rotatable bonds is 6. The van der Waals surface area contributed by atoms with Gasteiger partial charge in [0.05, 0.1) is 5.69 Å². The highest BCUT2D eigenvalue weighted by Crippen LogP contribution is 2.28. The predicted molar refractivity (Wildman–Crippen MR) is 104 cm³/mol. The largest absolute Gasteiger partial charge is 0.482 e. The van der Waals surface area contributed by atoms with Crippen molar-refractivity contribution < 1.29 is 14.6 Å². The normalized spacial score (nSPS) is 10.8. The van der Waals surface area contributed by atoms with Crippen LogP contribution in [0.5, 0.6) is 5.75 Å². The van der Waals surface area contributed by atoms with Gasteiger partial charge in [0.25, 0.3) is 0 Å². The van der Waals surface area contributed by atoms with Crippen molar-refractivity contribution in [2.75, 3.05) is 6.61 Å². The maximum Gasteiger partial charge on any atom is 0.341 e. The lowest BCUT2D eigenvalue weighted by molar-refractivity contribution is -0.139. The molecule has 0 aromatic heterocycles. The van der Waals surface area contributed by atoms with Crippen molar-refractivity contribution in [3.8, 4) is 16.9 Å². The molecule has 0 saturated carbocycles. The van der Waals surface area contributed by atoms with E-state index < -0.39 is 5.97 Å². The molecule has 0 spiro atoms. The van der Waals surface area contributed by atoms with Crippen molar-refractivity contribution >= 4 is 29.5 Å². The van der Waals surface area contributed by atoms with E-state index in [-0.39, 0.29) is 6.61 Å². The van der Waals surface area contributed by atoms with Gasteiger partial charge in [-0.2, -0.15) is 0 Å². The molecule has 0 unspecified atom stereocenters. The van der Waals surface area contributed by atoms with Gasteiger partial charge in [-0.15, -0.1) is 0 Å². The molecule has 0 bridgehead atoms. The molecule has 0 amide bonds. The number of carbonyl (C=O) groups is 1. The highest BCUT2D eigenvalue weighted by atomic mass is 35.5. The molecule has 0 fully saturated rings. The smallest absolute Gasteiger partial charge is 0.341 e. The number of carboxylic acids is 1. The molecule has 3 aromatic carbocycles. The second-order valence-electron chi connectivity index (χ2n) is 5.54. The van der Waals surface area contributed by atoms with E-state index in [1.165, 1.54) is 0 Å². The summed E-state index contributed by atoms with van der Waals surface area (Å²) < 4.78 is 5.10. The van der Waals surface area contributed by atoms with E-state index in [1.807, 2.05) is 48.5 Å². The highest BCUT2D eigenvalue weighted by Gasteiger charge is 2.03. The monoisotopic (exact) mass is 365 g/mol. The van der Waals surface area contributed by atoms with Crippen LogP contribution in [-0.2, 0) is 4.79 Å². The van der Waals surface area contributed by atoms with Crippen LogP contribution in [0.3, 0.4) is 0 Å². The maximum absolute atomic E-state index is 10.5. The Kier molecular flexibility index (Phi) is 5.66. The first kappa shape index (κ1) is 17.7. The van der Waals surface area contributed by atoms with E-state index in [0.29, 0.717) is 10.8 Å². The third kappa shape index (κ3) is 4.71. The standard InChI is InChI=1S/C21H16ClNO3/c22-20-7-2-1-6-19(20)16-5-3-4-15(12-16)13-23-17-8-10-18(11-9-17)26-14-21(24)25/h1-13H,14H2,(H,24,25). The first-order valence-corrected chi connectivity index (χ1v) is 8.33. The molecular weight excluding hydrogens is 350 g/mol. The van der Waals surface area contributed by atoms with Crippen LogP contribution in [0.25, 0.3) is 11.1 Å². The van der Waals surface area contributed by atoms with Crippen LogP contribution in [0.2, 0.25) is 5.02 Å². The average Bonchev–Trinajstić information content (AvgIpc) is 2.66. The Hall–Kier alpha value is -3.11. The van der Waals surface area contributed by atoms with Gasteiger partial charge in [-0.05, 0) is 47.5 Å². The number of ether oxygens (including phenoxy) is 1. The number of benzene rings is 3. The number of carboxylic acid groups (broad SMARTS) is 1. The minimum Gasteiger partial charge on any atom is -0.482 e. The zero-order chi connectivity index (χ0) is 18.4. The fourth-order valence-electron chi connectivity index (χ4n) is 2.40. The number of nitrogens with zero attached hydrogens (tertiary/aromatic N) is 1. The Bertz CT molecular complexity index is 936. The van der Waals surface area contributed by atoms with E-state index in [4.69, 9.17) is 21.4 Å². The Morgan fingerprint density at radius 1 is 1.04 bits per heavy atom. The van der Waals surface area contributed by atoms with Crippen LogP contribution in [0, 0.1) is 0 Å². The van der Waals surface area contributed by atoms with Gasteiger partial charge in [-0.1, -0.05) is 48.0 Å². The molecule has 0 aliphatic heterocycles. The maximum atomic E-state index is 10.5. The summed E-state index contributed by atoms with van der Waals surface area (Å²) in [7, 11) is 0. The van der Waals surface area contributed by atoms with E-state index in [9.17, 15) is 4.79 Å².